The molecule has 4 aromatic carbocycles. The van der Waals surface area contributed by atoms with Gasteiger partial charge in [-0.05, 0) is 160 Å². The first-order valence-corrected chi connectivity index (χ1v) is 41.1. The normalized spacial score (nSPS) is 18.8. The van der Waals surface area contributed by atoms with Crippen LogP contribution in [0.4, 0.5) is 33.3 Å². The highest BCUT2D eigenvalue weighted by molar-refractivity contribution is 7.99. The molecule has 1 unspecified atom stereocenters. The molecule has 0 spiro atoms. The van der Waals surface area contributed by atoms with Gasteiger partial charge < -0.3 is 40.7 Å². The zero-order chi connectivity index (χ0) is 77.1. The number of nitrogens with one attached hydrogen (secondary N) is 4. The van der Waals surface area contributed by atoms with Gasteiger partial charge in [0.25, 0.3) is 32.2 Å². The van der Waals surface area contributed by atoms with E-state index in [1.165, 1.54) is 39.9 Å². The van der Waals surface area contributed by atoms with E-state index in [1.54, 1.807) is 40.9 Å². The zero-order valence-electron chi connectivity index (χ0n) is 61.7. The predicted molar refractivity (Wildman–Crippen MR) is 405 cm³/mol. The third kappa shape index (κ3) is 22.0. The van der Waals surface area contributed by atoms with Gasteiger partial charge in [-0.1, -0.05) is 94.8 Å². The number of halogens is 5. The lowest BCUT2D eigenvalue weighted by Gasteiger charge is -2.39. The highest BCUT2D eigenvalue weighted by Gasteiger charge is 2.49. The zero-order valence-corrected chi connectivity index (χ0v) is 64.9. The van der Waals surface area contributed by atoms with Crippen LogP contribution in [0, 0.1) is 17.8 Å². The number of hydrogen-bond acceptors (Lipinski definition) is 17. The maximum Gasteiger partial charge on any atom is 0.501 e. The molecule has 3 aliphatic heterocycles. The van der Waals surface area contributed by atoms with E-state index in [1.807, 2.05) is 93.9 Å². The van der Waals surface area contributed by atoms with Crippen LogP contribution in [0.25, 0.3) is 10.4 Å². The number of piperidine rings is 1. The van der Waals surface area contributed by atoms with Crippen LogP contribution in [-0.4, -0.2) is 190 Å². The molecular formula is C77H101F5N10O10S4. The molecule has 106 heavy (non-hydrogen) atoms. The van der Waals surface area contributed by atoms with E-state index < -0.39 is 107 Å². The molecule has 5 aromatic rings. The van der Waals surface area contributed by atoms with Gasteiger partial charge in [-0.3, -0.25) is 28.9 Å². The van der Waals surface area contributed by atoms with Gasteiger partial charge in [-0.2, -0.15) is 13.2 Å². The topological polar surface area (TPSA) is 251 Å². The highest BCUT2D eigenvalue weighted by atomic mass is 32.2. The third-order valence-electron chi connectivity index (χ3n) is 20.7. The van der Waals surface area contributed by atoms with Crippen LogP contribution in [-0.2, 0) is 39.0 Å². The first kappa shape index (κ1) is 82.8. The molecule has 3 saturated heterocycles. The molecule has 3 fully saturated rings. The number of β-amino-alcohol motifs (C(OH)–C–C–N with tert-alkyl or cyclic N) is 1. The van der Waals surface area contributed by atoms with Crippen LogP contribution in [0.1, 0.15) is 153 Å². The second-order valence-corrected chi connectivity index (χ2v) is 35.8. The van der Waals surface area contributed by atoms with Crippen molar-refractivity contribution in [2.24, 2.45) is 10.8 Å². The number of carbonyl (C=O) groups excluding carboxylic acids is 5. The summed E-state index contributed by atoms with van der Waals surface area (Å²) in [5.41, 5.74) is 0.711. The number of sulfone groups is 1. The number of allylic oxidation sites excluding steroid dienone is 2. The number of thioether (sulfide) groups is 1. The molecule has 20 nitrogen and oxygen atoms in total. The summed E-state index contributed by atoms with van der Waals surface area (Å²) in [7, 11) is -9.43. The molecule has 1 aromatic heterocycles. The largest absolute Gasteiger partial charge is 0.501 e. The second kappa shape index (κ2) is 35.8. The Hall–Kier alpha value is -7.28. The van der Waals surface area contributed by atoms with Crippen molar-refractivity contribution in [3.8, 4) is 10.4 Å². The van der Waals surface area contributed by atoms with E-state index >= 15 is 0 Å². The second-order valence-electron chi connectivity index (χ2n) is 30.3. The summed E-state index contributed by atoms with van der Waals surface area (Å²) in [6, 6.07) is 22.3. The molecule has 0 bridgehead atoms. The van der Waals surface area contributed by atoms with Crippen molar-refractivity contribution in [1.82, 2.24) is 39.9 Å². The van der Waals surface area contributed by atoms with E-state index in [2.05, 4.69) is 56.1 Å². The van der Waals surface area contributed by atoms with Crippen molar-refractivity contribution in [1.29, 1.82) is 0 Å². The number of aliphatic hydroxyl groups excluding tert-OH is 1. The average molecular weight is 1550 g/mol. The van der Waals surface area contributed by atoms with Crippen molar-refractivity contribution >= 4 is 83.9 Å². The molecule has 578 valence electrons. The summed E-state index contributed by atoms with van der Waals surface area (Å²) >= 11 is 2.93. The average Bonchev–Trinajstić information content (AvgIpc) is 1.04. The van der Waals surface area contributed by atoms with Gasteiger partial charge in [0.1, 0.15) is 17.0 Å². The lowest BCUT2D eigenvalue weighted by Crippen LogP contribution is -2.57. The van der Waals surface area contributed by atoms with Gasteiger partial charge in [-0.15, -0.1) is 23.1 Å². The molecule has 29 heteroatoms. The molecular weight excluding hydrogens is 1450 g/mol. The Morgan fingerprint density at radius 3 is 2.14 bits per heavy atom. The Labute approximate surface area is 628 Å². The summed E-state index contributed by atoms with van der Waals surface area (Å²) in [5, 5.41) is 19.7. The first-order valence-electron chi connectivity index (χ1n) is 36.2. The Kier molecular flexibility index (Phi) is 28.0. The lowest BCUT2D eigenvalue weighted by molar-refractivity contribution is -0.144. The van der Waals surface area contributed by atoms with Crippen molar-refractivity contribution in [2.75, 3.05) is 81.9 Å². The fourth-order valence-corrected chi connectivity index (χ4v) is 18.0. The summed E-state index contributed by atoms with van der Waals surface area (Å²) in [4.78, 5) is 82.6. The number of unbranched alkanes of at least 4 members (excludes halogenated alkanes) is 1. The summed E-state index contributed by atoms with van der Waals surface area (Å²) in [5.74, 6) is -2.25. The number of piperazine rings is 1. The van der Waals surface area contributed by atoms with Crippen LogP contribution < -0.4 is 25.6 Å². The van der Waals surface area contributed by atoms with Crippen LogP contribution in [0.15, 0.2) is 141 Å². The van der Waals surface area contributed by atoms with Crippen LogP contribution in [0.5, 0.6) is 0 Å². The quantitative estimate of drug-likeness (QED) is 0.0120. The number of carbonyl (C=O) groups is 5. The number of aryl methyl sites for hydroxylation is 1. The van der Waals surface area contributed by atoms with Crippen molar-refractivity contribution in [2.45, 2.75) is 195 Å². The summed E-state index contributed by atoms with van der Waals surface area (Å²) in [6.07, 6.45) is 2.53. The number of amides is 5. The summed E-state index contributed by atoms with van der Waals surface area (Å²) < 4.78 is 127. The monoisotopic (exact) mass is 1550 g/mol. The molecule has 0 saturated carbocycles. The smallest absolute Gasteiger partial charge is 0.391 e. The number of sulfonamides is 1. The Bertz CT molecular complexity index is 4160. The number of anilines is 2. The Morgan fingerprint density at radius 1 is 0.840 bits per heavy atom. The lowest BCUT2D eigenvalue weighted by atomic mass is 9.73. The Balaban J connectivity index is 0.751. The fraction of sp³-hybridized carbons (Fsp3) is 0.532. The van der Waals surface area contributed by atoms with Crippen molar-refractivity contribution in [3.63, 3.8) is 0 Å². The van der Waals surface area contributed by atoms with E-state index in [9.17, 15) is 67.9 Å². The van der Waals surface area contributed by atoms with Crippen LogP contribution >= 0.6 is 23.1 Å². The highest BCUT2D eigenvalue weighted by Crippen LogP contribution is 2.42. The van der Waals surface area contributed by atoms with Gasteiger partial charge in [0.2, 0.25) is 23.6 Å². The number of aliphatic hydroxyl groups is 1. The number of nitrogens with zero attached hydrogens (tertiary/aromatic N) is 6. The number of alkyl halides is 5. The number of rotatable bonds is 31. The van der Waals surface area contributed by atoms with Crippen LogP contribution in [0.3, 0.4) is 0 Å². The molecule has 9 rings (SSSR count). The molecule has 5 atom stereocenters. The van der Waals surface area contributed by atoms with E-state index in [4.69, 9.17) is 0 Å². The predicted octanol–water partition coefficient (Wildman–Crippen LogP) is 12.6. The first-order chi connectivity index (χ1) is 50.0. The van der Waals surface area contributed by atoms with E-state index in [0.29, 0.717) is 90.4 Å². The van der Waals surface area contributed by atoms with Crippen molar-refractivity contribution in [3.05, 3.63) is 143 Å². The molecule has 5 amide bonds. The third-order valence-corrected chi connectivity index (χ3v) is 25.7. The number of hydrogen-bond donors (Lipinski definition) is 5. The number of benzene rings is 4. The van der Waals surface area contributed by atoms with Crippen molar-refractivity contribution < 1.29 is 67.9 Å². The number of likely N-dealkylation sites (tertiary alicyclic amines) is 2. The maximum absolute atomic E-state index is 14.6. The van der Waals surface area contributed by atoms with Gasteiger partial charge in [-0.25, -0.2) is 35.3 Å². The summed E-state index contributed by atoms with van der Waals surface area (Å²) in [6.45, 7) is 22.1. The minimum atomic E-state index is -6.20. The van der Waals surface area contributed by atoms with E-state index in [0.717, 1.165) is 70.2 Å². The van der Waals surface area contributed by atoms with Crippen LogP contribution in [0.2, 0.25) is 0 Å². The molecule has 4 heterocycles. The SMILES string of the molecule is C=C(CCC1=C(CN2CCN(c3ccc(C(=O)NS(=O)(=O)c4ccc(N[C@H](CCN5CCC(N(C)C(=O)CCCCC(=O)NC(C(=O)N6C[C@H](O)C[C@H]6C(=O)N[C@@H](C)c6ccc(-c7scnc7C)cc6)C(C)(C)C)CC5)CSc5ccccc5)c(S(=O)(=O)C(F)(F)F)c4)cc3)CC2)CCC(C)(C)C1)C(F)F. The minimum Gasteiger partial charge on any atom is -0.391 e. The Morgan fingerprint density at radius 2 is 1.51 bits per heavy atom. The number of aromatic nitrogens is 1. The van der Waals surface area contributed by atoms with E-state index in [-0.39, 0.29) is 66.5 Å². The maximum atomic E-state index is 14.6. The molecule has 1 aliphatic carbocycles. The number of thiazole rings is 1. The molecule has 4 aliphatic rings. The van der Waals surface area contributed by atoms with Gasteiger partial charge in [0, 0.05) is 119 Å². The molecule has 0 radical (unpaired) electrons. The van der Waals surface area contributed by atoms with Gasteiger partial charge >= 0.3 is 5.51 Å². The van der Waals surface area contributed by atoms with Gasteiger partial charge in [0.15, 0.2) is 0 Å². The standard InChI is InChI=1S/C77H101F5N10O10S4/c1-50(71(78)79)19-20-56-45-76(7,8)35-31-57(56)46-90-39-41-91(42-40-90)60-27-25-55(26-28-60)72(96)87-106(101,102)63-29-30-64(66(44-63)105(99,100)77(80,81)82)85-58(48-103-62-15-11-10-12-16-62)32-36-89-37-33-59(34-38-89)88(9)68(95)18-14-13-17-67(94)86-70(75(4,5)6)74(98)92-47-61(93)43-65(92)73(97)84-51(2)53-21-23-54(24-22-53)69-52(3)83-49-104-69/h10-12,15-16,21-30,44,49,51,58-59,61,65,70-71,85,93H,1,13-14,17-20,31-43,45-48H2,2-9H3,(H,84,97)(H,86,94)(H,87,96)/t51-,58+,61+,65-,70?/m0/s1. The fourth-order valence-electron chi connectivity index (χ4n) is 14.2. The minimum absolute atomic E-state index is 0.0311. The van der Waals surface area contributed by atoms with Gasteiger partial charge in [0.05, 0.1) is 38.8 Å². The molecule has 5 N–H and O–H groups in total.